The first-order valence-corrected chi connectivity index (χ1v) is 7.70. The first kappa shape index (κ1) is 15.9. The van der Waals surface area contributed by atoms with Crippen molar-refractivity contribution in [2.45, 2.75) is 65.0 Å². The molecule has 0 heterocycles. The number of hydrogen-bond donors (Lipinski definition) is 2. The molecular weight excluding hydrogens is 224 g/mol. The molecule has 0 aromatic heterocycles. The third-order valence-corrected chi connectivity index (χ3v) is 4.51. The van der Waals surface area contributed by atoms with E-state index in [1.54, 1.807) is 0 Å². The van der Waals surface area contributed by atoms with Crippen molar-refractivity contribution in [1.82, 2.24) is 4.90 Å². The molecule has 18 heavy (non-hydrogen) atoms. The molecule has 1 aliphatic carbocycles. The molecule has 1 rings (SSSR count). The highest BCUT2D eigenvalue weighted by molar-refractivity contribution is 4.88. The molecule has 3 unspecified atom stereocenters. The zero-order valence-electron chi connectivity index (χ0n) is 12.4. The zero-order chi connectivity index (χ0) is 13.5. The Hall–Kier alpha value is -0.120. The van der Waals surface area contributed by atoms with Gasteiger partial charge in [0.15, 0.2) is 0 Å². The Morgan fingerprint density at radius 1 is 1.33 bits per heavy atom. The lowest BCUT2D eigenvalue weighted by atomic mass is 9.75. The summed E-state index contributed by atoms with van der Waals surface area (Å²) < 4.78 is 0. The standard InChI is InChI=1S/C15H32N2O/c1-4-5-13-6-7-14(11-16)15(10-13)17(8-9-18)12(2)3/h12-15,18H,4-11,16H2,1-3H3. The highest BCUT2D eigenvalue weighted by Gasteiger charge is 2.34. The third kappa shape index (κ3) is 4.22. The van der Waals surface area contributed by atoms with Crippen molar-refractivity contribution in [3.05, 3.63) is 0 Å². The van der Waals surface area contributed by atoms with Crippen LogP contribution >= 0.6 is 0 Å². The summed E-state index contributed by atoms with van der Waals surface area (Å²) in [6, 6.07) is 1.07. The van der Waals surface area contributed by atoms with Crippen LogP contribution in [0.1, 0.15) is 52.9 Å². The molecule has 1 saturated carbocycles. The van der Waals surface area contributed by atoms with Crippen LogP contribution in [0.4, 0.5) is 0 Å². The first-order valence-electron chi connectivity index (χ1n) is 7.70. The molecule has 0 radical (unpaired) electrons. The van der Waals surface area contributed by atoms with E-state index in [2.05, 4.69) is 25.7 Å². The van der Waals surface area contributed by atoms with Crippen LogP contribution in [0, 0.1) is 11.8 Å². The maximum absolute atomic E-state index is 9.27. The second-order valence-electron chi connectivity index (χ2n) is 6.09. The van der Waals surface area contributed by atoms with Crippen molar-refractivity contribution < 1.29 is 5.11 Å². The predicted molar refractivity (Wildman–Crippen MR) is 77.5 cm³/mol. The smallest absolute Gasteiger partial charge is 0.0558 e. The Kier molecular flexibility index (Phi) is 7.20. The summed E-state index contributed by atoms with van der Waals surface area (Å²) in [7, 11) is 0. The molecular formula is C15H32N2O. The Morgan fingerprint density at radius 3 is 2.56 bits per heavy atom. The topological polar surface area (TPSA) is 49.5 Å². The summed E-state index contributed by atoms with van der Waals surface area (Å²) in [5, 5.41) is 9.27. The molecule has 0 aliphatic heterocycles. The van der Waals surface area contributed by atoms with Crippen molar-refractivity contribution >= 4 is 0 Å². The predicted octanol–water partition coefficient (Wildman–Crippen LogP) is 2.23. The Bertz CT molecular complexity index is 221. The van der Waals surface area contributed by atoms with E-state index >= 15 is 0 Å². The van der Waals surface area contributed by atoms with Crippen LogP contribution in [0.3, 0.4) is 0 Å². The molecule has 0 bridgehead atoms. The number of rotatable bonds is 7. The van der Waals surface area contributed by atoms with Crippen LogP contribution in [-0.4, -0.2) is 41.8 Å². The van der Waals surface area contributed by atoms with Gasteiger partial charge < -0.3 is 10.8 Å². The quantitative estimate of drug-likeness (QED) is 0.734. The van der Waals surface area contributed by atoms with E-state index in [9.17, 15) is 5.11 Å². The molecule has 1 aliphatic rings. The fourth-order valence-electron chi connectivity index (χ4n) is 3.57. The van der Waals surface area contributed by atoms with Crippen molar-refractivity contribution in [2.75, 3.05) is 19.7 Å². The van der Waals surface area contributed by atoms with Crippen LogP contribution in [0.25, 0.3) is 0 Å². The summed E-state index contributed by atoms with van der Waals surface area (Å²) >= 11 is 0. The van der Waals surface area contributed by atoms with Crippen molar-refractivity contribution in [3.63, 3.8) is 0 Å². The molecule has 3 heteroatoms. The molecule has 0 amide bonds. The van der Waals surface area contributed by atoms with Gasteiger partial charge in [-0.1, -0.05) is 26.2 Å². The number of aliphatic hydroxyl groups is 1. The van der Waals surface area contributed by atoms with E-state index in [1.807, 2.05) is 0 Å². The van der Waals surface area contributed by atoms with Gasteiger partial charge in [0.2, 0.25) is 0 Å². The second kappa shape index (κ2) is 8.13. The fourth-order valence-corrected chi connectivity index (χ4v) is 3.57. The molecule has 1 fully saturated rings. The molecule has 0 spiro atoms. The third-order valence-electron chi connectivity index (χ3n) is 4.51. The van der Waals surface area contributed by atoms with Gasteiger partial charge in [-0.05, 0) is 45.1 Å². The highest BCUT2D eigenvalue weighted by Crippen LogP contribution is 2.35. The molecule has 108 valence electrons. The van der Waals surface area contributed by atoms with E-state index < -0.39 is 0 Å². The average molecular weight is 256 g/mol. The number of nitrogens with two attached hydrogens (primary N) is 1. The lowest BCUT2D eigenvalue weighted by Crippen LogP contribution is -2.50. The molecule has 0 saturated heterocycles. The number of aliphatic hydroxyl groups excluding tert-OH is 1. The van der Waals surface area contributed by atoms with E-state index in [0.29, 0.717) is 18.0 Å². The van der Waals surface area contributed by atoms with Crippen LogP contribution in [0.2, 0.25) is 0 Å². The summed E-state index contributed by atoms with van der Waals surface area (Å²) in [6.07, 6.45) is 6.51. The Morgan fingerprint density at radius 2 is 2.06 bits per heavy atom. The minimum Gasteiger partial charge on any atom is -0.395 e. The average Bonchev–Trinajstić information content (AvgIpc) is 2.36. The number of hydrogen-bond acceptors (Lipinski definition) is 3. The molecule has 0 aromatic carbocycles. The van der Waals surface area contributed by atoms with Crippen LogP contribution < -0.4 is 5.73 Å². The largest absolute Gasteiger partial charge is 0.395 e. The minimum atomic E-state index is 0.254. The minimum absolute atomic E-state index is 0.254. The van der Waals surface area contributed by atoms with E-state index in [0.717, 1.165) is 19.0 Å². The maximum Gasteiger partial charge on any atom is 0.0558 e. The lowest BCUT2D eigenvalue weighted by molar-refractivity contribution is 0.0418. The van der Waals surface area contributed by atoms with E-state index in [1.165, 1.54) is 32.1 Å². The van der Waals surface area contributed by atoms with Gasteiger partial charge in [0.25, 0.3) is 0 Å². The van der Waals surface area contributed by atoms with Gasteiger partial charge >= 0.3 is 0 Å². The Labute approximate surface area is 113 Å². The summed E-state index contributed by atoms with van der Waals surface area (Å²) in [5.41, 5.74) is 5.96. The van der Waals surface area contributed by atoms with Gasteiger partial charge in [0, 0.05) is 18.6 Å². The van der Waals surface area contributed by atoms with E-state index in [4.69, 9.17) is 5.73 Å². The molecule has 3 N–H and O–H groups in total. The van der Waals surface area contributed by atoms with Crippen LogP contribution in [0.5, 0.6) is 0 Å². The second-order valence-corrected chi connectivity index (χ2v) is 6.09. The van der Waals surface area contributed by atoms with Crippen molar-refractivity contribution in [2.24, 2.45) is 17.6 Å². The van der Waals surface area contributed by atoms with Gasteiger partial charge in [-0.3, -0.25) is 4.90 Å². The summed E-state index contributed by atoms with van der Waals surface area (Å²) in [6.45, 7) is 8.57. The van der Waals surface area contributed by atoms with Crippen molar-refractivity contribution in [1.29, 1.82) is 0 Å². The van der Waals surface area contributed by atoms with E-state index in [-0.39, 0.29) is 6.61 Å². The lowest BCUT2D eigenvalue weighted by Gasteiger charge is -2.44. The van der Waals surface area contributed by atoms with Gasteiger partial charge in [-0.2, -0.15) is 0 Å². The maximum atomic E-state index is 9.27. The molecule has 3 nitrogen and oxygen atoms in total. The molecule has 0 aromatic rings. The monoisotopic (exact) mass is 256 g/mol. The van der Waals surface area contributed by atoms with Crippen LogP contribution in [0.15, 0.2) is 0 Å². The SMILES string of the molecule is CCCC1CCC(CN)C(N(CCO)C(C)C)C1. The summed E-state index contributed by atoms with van der Waals surface area (Å²) in [5.74, 6) is 1.48. The summed E-state index contributed by atoms with van der Waals surface area (Å²) in [4.78, 5) is 2.47. The zero-order valence-corrected chi connectivity index (χ0v) is 12.4. The van der Waals surface area contributed by atoms with Crippen molar-refractivity contribution in [3.8, 4) is 0 Å². The fraction of sp³-hybridized carbons (Fsp3) is 1.00. The van der Waals surface area contributed by atoms with Gasteiger partial charge in [0.1, 0.15) is 0 Å². The number of nitrogens with zero attached hydrogens (tertiary/aromatic N) is 1. The van der Waals surface area contributed by atoms with Crippen LogP contribution in [-0.2, 0) is 0 Å². The molecule has 3 atom stereocenters. The first-order chi connectivity index (χ1) is 8.63. The Balaban J connectivity index is 2.70. The highest BCUT2D eigenvalue weighted by atomic mass is 16.3. The van der Waals surface area contributed by atoms with Gasteiger partial charge in [-0.15, -0.1) is 0 Å². The normalized spacial score (nSPS) is 29.2. The van der Waals surface area contributed by atoms with Gasteiger partial charge in [-0.25, -0.2) is 0 Å². The van der Waals surface area contributed by atoms with Gasteiger partial charge in [0.05, 0.1) is 6.61 Å².